The van der Waals surface area contributed by atoms with E-state index in [1.807, 2.05) is 25.3 Å². The Hall–Kier alpha value is -1.33. The minimum atomic E-state index is 0.695. The Bertz CT molecular complexity index is 449. The number of rotatable bonds is 4. The van der Waals surface area contributed by atoms with Gasteiger partial charge in [0.1, 0.15) is 10.0 Å². The van der Waals surface area contributed by atoms with E-state index in [9.17, 15) is 0 Å². The van der Waals surface area contributed by atoms with Crippen molar-refractivity contribution < 1.29 is 0 Å². The first-order chi connectivity index (χ1) is 7.79. The van der Waals surface area contributed by atoms with Crippen molar-refractivity contribution in [3.63, 3.8) is 0 Å². The van der Waals surface area contributed by atoms with Crippen molar-refractivity contribution in [1.29, 1.82) is 0 Å². The highest BCUT2D eigenvalue weighted by atomic mass is 32.1. The average Bonchev–Trinajstić information content (AvgIpc) is 2.76. The lowest BCUT2D eigenvalue weighted by Crippen LogP contribution is -1.99. The van der Waals surface area contributed by atoms with E-state index in [-0.39, 0.29) is 0 Å². The summed E-state index contributed by atoms with van der Waals surface area (Å²) >= 11 is 1.61. The molecule has 0 bridgehead atoms. The quantitative estimate of drug-likeness (QED) is 0.876. The van der Waals surface area contributed by atoms with Gasteiger partial charge in [-0.15, -0.1) is 10.2 Å². The van der Waals surface area contributed by atoms with E-state index in [1.54, 1.807) is 11.3 Å². The Morgan fingerprint density at radius 3 is 2.88 bits per heavy atom. The molecule has 2 heterocycles. The van der Waals surface area contributed by atoms with Crippen molar-refractivity contribution >= 4 is 11.3 Å². The summed E-state index contributed by atoms with van der Waals surface area (Å²) in [6.45, 7) is 2.66. The zero-order chi connectivity index (χ0) is 11.4. The van der Waals surface area contributed by atoms with E-state index < -0.39 is 0 Å². The largest absolute Gasteiger partial charge is 0.330 e. The van der Waals surface area contributed by atoms with E-state index in [0.29, 0.717) is 6.54 Å². The monoisotopic (exact) mass is 234 g/mol. The molecule has 0 saturated heterocycles. The third kappa shape index (κ3) is 2.62. The summed E-state index contributed by atoms with van der Waals surface area (Å²) in [6, 6.07) is 4.01. The van der Waals surface area contributed by atoms with Crippen LogP contribution in [0.3, 0.4) is 0 Å². The summed E-state index contributed by atoms with van der Waals surface area (Å²) in [4.78, 5) is 4.25. The molecule has 2 rings (SSSR count). The number of nitrogens with zero attached hydrogens (tertiary/aromatic N) is 3. The maximum absolute atomic E-state index is 5.46. The van der Waals surface area contributed by atoms with Crippen molar-refractivity contribution in [1.82, 2.24) is 15.2 Å². The van der Waals surface area contributed by atoms with Crippen molar-refractivity contribution in [2.75, 3.05) is 6.54 Å². The van der Waals surface area contributed by atoms with Crippen LogP contribution in [-0.2, 0) is 6.42 Å². The van der Waals surface area contributed by atoms with Gasteiger partial charge in [-0.2, -0.15) is 0 Å². The molecule has 0 fully saturated rings. The van der Waals surface area contributed by atoms with Gasteiger partial charge >= 0.3 is 0 Å². The molecule has 4 nitrogen and oxygen atoms in total. The molecule has 0 aliphatic heterocycles. The van der Waals surface area contributed by atoms with Crippen molar-refractivity contribution in [2.24, 2.45) is 5.73 Å². The number of hydrogen-bond donors (Lipinski definition) is 1. The van der Waals surface area contributed by atoms with Crippen LogP contribution in [-0.4, -0.2) is 21.7 Å². The predicted molar refractivity (Wildman–Crippen MR) is 65.3 cm³/mol. The Labute approximate surface area is 98.6 Å². The van der Waals surface area contributed by atoms with E-state index >= 15 is 0 Å². The molecule has 2 N–H and O–H groups in total. The molecule has 84 valence electrons. The predicted octanol–water partition coefficient (Wildman–Crippen LogP) is 1.80. The normalized spacial score (nSPS) is 10.6. The van der Waals surface area contributed by atoms with Crippen LogP contribution in [0.4, 0.5) is 0 Å². The topological polar surface area (TPSA) is 64.7 Å². The van der Waals surface area contributed by atoms with E-state index in [0.717, 1.165) is 34.1 Å². The third-order valence-corrected chi connectivity index (χ3v) is 3.25. The van der Waals surface area contributed by atoms with Crippen LogP contribution in [0.5, 0.6) is 0 Å². The highest BCUT2D eigenvalue weighted by molar-refractivity contribution is 7.14. The third-order valence-electron chi connectivity index (χ3n) is 2.22. The first kappa shape index (κ1) is 11.2. The fourth-order valence-electron chi connectivity index (χ4n) is 1.32. The molecule has 2 aromatic rings. The van der Waals surface area contributed by atoms with Gasteiger partial charge in [0.25, 0.3) is 0 Å². The van der Waals surface area contributed by atoms with Crippen LogP contribution in [0.25, 0.3) is 10.6 Å². The van der Waals surface area contributed by atoms with E-state index in [2.05, 4.69) is 15.2 Å². The second-order valence-corrected chi connectivity index (χ2v) is 4.64. The van der Waals surface area contributed by atoms with E-state index in [4.69, 9.17) is 5.73 Å². The summed E-state index contributed by atoms with van der Waals surface area (Å²) in [5.41, 5.74) is 7.50. The Kier molecular flexibility index (Phi) is 3.58. The summed E-state index contributed by atoms with van der Waals surface area (Å²) < 4.78 is 0. The molecule has 5 heteroatoms. The van der Waals surface area contributed by atoms with Crippen LogP contribution in [0, 0.1) is 6.92 Å². The zero-order valence-corrected chi connectivity index (χ0v) is 10.00. The van der Waals surface area contributed by atoms with E-state index in [1.165, 1.54) is 0 Å². The molecule has 0 unspecified atom stereocenters. The molecule has 0 spiro atoms. The van der Waals surface area contributed by atoms with Crippen LogP contribution in [0.15, 0.2) is 18.3 Å². The molecule has 0 aromatic carbocycles. The van der Waals surface area contributed by atoms with Crippen LogP contribution >= 0.6 is 11.3 Å². The van der Waals surface area contributed by atoms with Gasteiger partial charge in [0.2, 0.25) is 0 Å². The fraction of sp³-hybridized carbons (Fsp3) is 0.364. The molecule has 16 heavy (non-hydrogen) atoms. The van der Waals surface area contributed by atoms with Gasteiger partial charge in [0.15, 0.2) is 0 Å². The molecule has 2 aromatic heterocycles. The van der Waals surface area contributed by atoms with Crippen molar-refractivity contribution in [3.05, 3.63) is 29.0 Å². The van der Waals surface area contributed by atoms with Crippen LogP contribution < -0.4 is 5.73 Å². The molecular weight excluding hydrogens is 220 g/mol. The number of nitrogens with two attached hydrogens (primary N) is 1. The standard InChI is InChI=1S/C11H14N4S/c1-8-4-5-9(7-13-8)11-15-14-10(16-11)3-2-6-12/h4-5,7H,2-3,6,12H2,1H3. The molecule has 0 saturated carbocycles. The van der Waals surface area contributed by atoms with Gasteiger partial charge in [0.05, 0.1) is 0 Å². The van der Waals surface area contributed by atoms with Gasteiger partial charge in [-0.3, -0.25) is 4.98 Å². The Morgan fingerprint density at radius 2 is 2.19 bits per heavy atom. The minimum absolute atomic E-state index is 0.695. The molecular formula is C11H14N4S. The number of aromatic nitrogens is 3. The smallest absolute Gasteiger partial charge is 0.149 e. The first-order valence-electron chi connectivity index (χ1n) is 5.25. The summed E-state index contributed by atoms with van der Waals surface area (Å²) in [5, 5.41) is 10.3. The number of aryl methyl sites for hydroxylation is 2. The van der Waals surface area contributed by atoms with Crippen molar-refractivity contribution in [3.8, 4) is 10.6 Å². The lowest BCUT2D eigenvalue weighted by molar-refractivity contribution is 0.812. The molecule has 0 amide bonds. The highest BCUT2D eigenvalue weighted by Crippen LogP contribution is 2.23. The summed E-state index contributed by atoms with van der Waals surface area (Å²) in [6.07, 6.45) is 3.71. The lowest BCUT2D eigenvalue weighted by Gasteiger charge is -1.94. The minimum Gasteiger partial charge on any atom is -0.330 e. The van der Waals surface area contributed by atoms with Gasteiger partial charge in [-0.25, -0.2) is 0 Å². The Balaban J connectivity index is 2.15. The molecule has 0 aliphatic carbocycles. The molecule has 0 aliphatic rings. The second kappa shape index (κ2) is 5.14. The summed E-state index contributed by atoms with van der Waals surface area (Å²) in [5.74, 6) is 0. The first-order valence-corrected chi connectivity index (χ1v) is 6.06. The number of pyridine rings is 1. The molecule has 0 atom stereocenters. The molecule has 0 radical (unpaired) electrons. The van der Waals surface area contributed by atoms with Crippen molar-refractivity contribution in [2.45, 2.75) is 19.8 Å². The van der Waals surface area contributed by atoms with Gasteiger partial charge in [-0.05, 0) is 32.0 Å². The van der Waals surface area contributed by atoms with Gasteiger partial charge in [0, 0.05) is 23.9 Å². The maximum atomic E-state index is 5.46. The van der Waals surface area contributed by atoms with Crippen LogP contribution in [0.1, 0.15) is 17.1 Å². The second-order valence-electron chi connectivity index (χ2n) is 3.58. The maximum Gasteiger partial charge on any atom is 0.149 e. The number of hydrogen-bond acceptors (Lipinski definition) is 5. The van der Waals surface area contributed by atoms with Gasteiger partial charge in [-0.1, -0.05) is 11.3 Å². The Morgan fingerprint density at radius 1 is 1.31 bits per heavy atom. The zero-order valence-electron chi connectivity index (χ0n) is 9.18. The fourth-order valence-corrected chi connectivity index (χ4v) is 2.19. The summed E-state index contributed by atoms with van der Waals surface area (Å²) in [7, 11) is 0. The average molecular weight is 234 g/mol. The highest BCUT2D eigenvalue weighted by Gasteiger charge is 2.06. The van der Waals surface area contributed by atoms with Crippen LogP contribution in [0.2, 0.25) is 0 Å². The SMILES string of the molecule is Cc1ccc(-c2nnc(CCCN)s2)cn1. The lowest BCUT2D eigenvalue weighted by atomic mass is 10.3. The van der Waals surface area contributed by atoms with Gasteiger partial charge < -0.3 is 5.73 Å².